The van der Waals surface area contributed by atoms with Crippen LogP contribution >= 0.6 is 11.6 Å². The summed E-state index contributed by atoms with van der Waals surface area (Å²) in [6, 6.07) is 7.61. The molecule has 1 aromatic heterocycles. The van der Waals surface area contributed by atoms with E-state index in [2.05, 4.69) is 24.1 Å². The van der Waals surface area contributed by atoms with Crippen LogP contribution in [0.15, 0.2) is 36.5 Å². The van der Waals surface area contributed by atoms with Gasteiger partial charge in [0.25, 0.3) is 5.91 Å². The summed E-state index contributed by atoms with van der Waals surface area (Å²) in [5.74, 6) is -1.29. The first-order chi connectivity index (χ1) is 16.6. The molecular weight excluding hydrogens is 472 g/mol. The Kier molecular flexibility index (Phi) is 10.6. The number of ether oxygens (including phenoxy) is 3. The predicted molar refractivity (Wildman–Crippen MR) is 134 cm³/mol. The Balaban J connectivity index is 2.21. The van der Waals surface area contributed by atoms with Crippen molar-refractivity contribution in [3.05, 3.63) is 47.2 Å². The van der Waals surface area contributed by atoms with E-state index in [0.717, 1.165) is 12.8 Å². The van der Waals surface area contributed by atoms with E-state index in [1.54, 1.807) is 32.9 Å². The second kappa shape index (κ2) is 13.2. The zero-order valence-corrected chi connectivity index (χ0v) is 21.8. The van der Waals surface area contributed by atoms with Crippen molar-refractivity contribution in [3.8, 4) is 17.2 Å². The summed E-state index contributed by atoms with van der Waals surface area (Å²) >= 11 is 6.30. The molecule has 3 atom stereocenters. The van der Waals surface area contributed by atoms with E-state index in [4.69, 9.17) is 25.8 Å². The minimum atomic E-state index is -0.972. The van der Waals surface area contributed by atoms with Crippen molar-refractivity contribution in [1.29, 1.82) is 0 Å². The number of pyridine rings is 1. The van der Waals surface area contributed by atoms with E-state index in [-0.39, 0.29) is 23.3 Å². The number of halogens is 1. The fourth-order valence-electron chi connectivity index (χ4n) is 3.81. The number of aromatic nitrogens is 1. The number of carbonyl (C=O) groups excluding carboxylic acids is 2. The van der Waals surface area contributed by atoms with Gasteiger partial charge in [-0.1, -0.05) is 51.4 Å². The maximum Gasteiger partial charge on any atom is 0.329 e. The Morgan fingerprint density at radius 2 is 1.74 bits per heavy atom. The highest BCUT2D eigenvalue weighted by atomic mass is 35.5. The van der Waals surface area contributed by atoms with E-state index in [1.807, 2.05) is 12.1 Å². The molecule has 2 aromatic rings. The molecule has 8 nitrogen and oxygen atoms in total. The number of rotatable bonds is 12. The van der Waals surface area contributed by atoms with Crippen LogP contribution in [-0.2, 0) is 9.53 Å². The largest absolute Gasteiger partial charge is 0.503 e. The normalized spacial score (nSPS) is 13.7. The fraction of sp³-hybridized carbons (Fsp3) is 0.500. The van der Waals surface area contributed by atoms with Gasteiger partial charge in [-0.25, -0.2) is 9.78 Å². The average molecular weight is 507 g/mol. The first kappa shape index (κ1) is 28.2. The Bertz CT molecular complexity index is 996. The van der Waals surface area contributed by atoms with Crippen molar-refractivity contribution in [2.75, 3.05) is 7.11 Å². The number of nitrogens with one attached hydrogen (secondary N) is 1. The Hall–Kier alpha value is -3.00. The van der Waals surface area contributed by atoms with Crippen LogP contribution in [0.1, 0.15) is 57.9 Å². The van der Waals surface area contributed by atoms with Gasteiger partial charge in [-0.05, 0) is 43.7 Å². The number of amides is 1. The molecule has 0 radical (unpaired) electrons. The summed E-state index contributed by atoms with van der Waals surface area (Å²) in [6.45, 7) is 9.45. The summed E-state index contributed by atoms with van der Waals surface area (Å²) in [4.78, 5) is 29.9. The summed E-state index contributed by atoms with van der Waals surface area (Å²) in [7, 11) is 1.37. The SMILES string of the molecule is CCC(CC)[C@@H](Oc1ccccc1Cl)[C@H](C)OC(=O)[C@@H](NC(=O)c1nccc(OC)c1O)C(C)C. The second-order valence-corrected chi connectivity index (χ2v) is 9.04. The van der Waals surface area contributed by atoms with Crippen molar-refractivity contribution in [2.24, 2.45) is 11.8 Å². The third-order valence-corrected chi connectivity index (χ3v) is 6.22. The Morgan fingerprint density at radius 3 is 2.31 bits per heavy atom. The fourth-order valence-corrected chi connectivity index (χ4v) is 3.99. The summed E-state index contributed by atoms with van der Waals surface area (Å²) in [6.07, 6.45) is 1.91. The van der Waals surface area contributed by atoms with E-state index in [1.165, 1.54) is 19.4 Å². The number of aromatic hydroxyl groups is 1. The molecule has 0 saturated heterocycles. The molecule has 0 aliphatic heterocycles. The number of hydrogen-bond acceptors (Lipinski definition) is 7. The van der Waals surface area contributed by atoms with Crippen molar-refractivity contribution in [3.63, 3.8) is 0 Å². The summed E-state index contributed by atoms with van der Waals surface area (Å²) in [5, 5.41) is 13.4. The second-order valence-electron chi connectivity index (χ2n) is 8.64. The van der Waals surface area contributed by atoms with Crippen LogP contribution in [-0.4, -0.2) is 47.3 Å². The number of hydrogen-bond donors (Lipinski definition) is 2. The van der Waals surface area contributed by atoms with Gasteiger partial charge in [-0.15, -0.1) is 0 Å². The number of benzene rings is 1. The van der Waals surface area contributed by atoms with Gasteiger partial charge in [-0.3, -0.25) is 4.79 Å². The lowest BCUT2D eigenvalue weighted by molar-refractivity contribution is -0.158. The highest BCUT2D eigenvalue weighted by molar-refractivity contribution is 6.32. The highest BCUT2D eigenvalue weighted by Gasteiger charge is 2.34. The average Bonchev–Trinajstić information content (AvgIpc) is 2.83. The van der Waals surface area contributed by atoms with E-state index in [9.17, 15) is 14.7 Å². The van der Waals surface area contributed by atoms with Crippen molar-refractivity contribution in [1.82, 2.24) is 10.3 Å². The van der Waals surface area contributed by atoms with Crippen molar-refractivity contribution >= 4 is 23.5 Å². The lowest BCUT2D eigenvalue weighted by Crippen LogP contribution is -2.48. The molecular formula is C26H35ClN2O6. The molecule has 35 heavy (non-hydrogen) atoms. The molecule has 2 rings (SSSR count). The topological polar surface area (TPSA) is 107 Å². The first-order valence-electron chi connectivity index (χ1n) is 11.8. The van der Waals surface area contributed by atoms with Crippen LogP contribution in [0.5, 0.6) is 17.2 Å². The van der Waals surface area contributed by atoms with Gasteiger partial charge in [-0.2, -0.15) is 0 Å². The minimum absolute atomic E-state index is 0.104. The Labute approximate surface area is 211 Å². The number of carbonyl (C=O) groups is 2. The van der Waals surface area contributed by atoms with E-state index >= 15 is 0 Å². The number of para-hydroxylation sites is 1. The quantitative estimate of drug-likeness (QED) is 0.389. The molecule has 1 amide bonds. The smallest absolute Gasteiger partial charge is 0.329 e. The third-order valence-electron chi connectivity index (χ3n) is 5.91. The summed E-state index contributed by atoms with van der Waals surface area (Å²) in [5.41, 5.74) is -0.243. The molecule has 9 heteroatoms. The number of methoxy groups -OCH3 is 1. The number of nitrogens with zero attached hydrogens (tertiary/aromatic N) is 1. The van der Waals surface area contributed by atoms with Crippen LogP contribution in [0.4, 0.5) is 0 Å². The molecule has 0 spiro atoms. The molecule has 0 fully saturated rings. The van der Waals surface area contributed by atoms with Gasteiger partial charge in [0.15, 0.2) is 17.2 Å². The maximum atomic E-state index is 13.2. The maximum absolute atomic E-state index is 13.2. The monoisotopic (exact) mass is 506 g/mol. The zero-order chi connectivity index (χ0) is 26.1. The molecule has 1 heterocycles. The first-order valence-corrected chi connectivity index (χ1v) is 12.2. The van der Waals surface area contributed by atoms with Gasteiger partial charge < -0.3 is 24.6 Å². The zero-order valence-electron chi connectivity index (χ0n) is 21.1. The van der Waals surface area contributed by atoms with Crippen LogP contribution in [0.25, 0.3) is 0 Å². The van der Waals surface area contributed by atoms with Crippen molar-refractivity contribution in [2.45, 2.75) is 65.7 Å². The van der Waals surface area contributed by atoms with Gasteiger partial charge >= 0.3 is 5.97 Å². The predicted octanol–water partition coefficient (Wildman–Crippen LogP) is 5.02. The molecule has 0 saturated carbocycles. The van der Waals surface area contributed by atoms with Crippen LogP contribution in [0.3, 0.4) is 0 Å². The lowest BCUT2D eigenvalue weighted by atomic mass is 9.93. The molecule has 0 unspecified atom stereocenters. The molecule has 1 aromatic carbocycles. The minimum Gasteiger partial charge on any atom is -0.503 e. The van der Waals surface area contributed by atoms with Gasteiger partial charge in [0, 0.05) is 12.3 Å². The van der Waals surface area contributed by atoms with Gasteiger partial charge in [0.2, 0.25) is 0 Å². The number of esters is 1. The standard InChI is InChI=1S/C26H35ClN2O6/c1-7-17(8-2)24(35-19-12-10-9-11-18(19)27)16(5)34-26(32)21(15(3)4)29-25(31)22-23(30)20(33-6)13-14-28-22/h9-17,21,24,30H,7-8H2,1-6H3,(H,29,31)/t16-,21-,24-/m0/s1. The molecule has 2 N–H and O–H groups in total. The Morgan fingerprint density at radius 1 is 1.09 bits per heavy atom. The van der Waals surface area contributed by atoms with E-state index in [0.29, 0.717) is 10.8 Å². The highest BCUT2D eigenvalue weighted by Crippen LogP contribution is 2.30. The van der Waals surface area contributed by atoms with Crippen LogP contribution in [0, 0.1) is 11.8 Å². The molecule has 0 bridgehead atoms. The van der Waals surface area contributed by atoms with Crippen LogP contribution < -0.4 is 14.8 Å². The third kappa shape index (κ3) is 7.24. The lowest BCUT2D eigenvalue weighted by Gasteiger charge is -2.32. The van der Waals surface area contributed by atoms with Gasteiger partial charge in [0.05, 0.1) is 12.1 Å². The van der Waals surface area contributed by atoms with Crippen molar-refractivity contribution < 1.29 is 28.9 Å². The van der Waals surface area contributed by atoms with Gasteiger partial charge in [0.1, 0.15) is 24.0 Å². The molecule has 192 valence electrons. The summed E-state index contributed by atoms with van der Waals surface area (Å²) < 4.78 is 17.1. The van der Waals surface area contributed by atoms with E-state index < -0.39 is 35.9 Å². The molecule has 0 aliphatic rings. The molecule has 0 aliphatic carbocycles. The van der Waals surface area contributed by atoms with Crippen LogP contribution in [0.2, 0.25) is 5.02 Å².